The fourth-order valence-corrected chi connectivity index (χ4v) is 3.60. The van der Waals surface area contributed by atoms with Gasteiger partial charge in [-0.25, -0.2) is 0 Å². The number of aliphatic hydroxyl groups excluding tert-OH is 1. The number of aliphatic hydroxyl groups is 1. The molecule has 0 aromatic carbocycles. The molecular weight excluding hydrogens is 230 g/mol. The van der Waals surface area contributed by atoms with Crippen molar-refractivity contribution in [1.29, 1.82) is 0 Å². The van der Waals surface area contributed by atoms with Crippen molar-refractivity contribution >= 4 is 11.8 Å². The standard InChI is InChI=1S/C14H29NOS/c1-2-5-14(7-11-16)6-3-4-8-15-9-12-17-13-10-15/h14,16H,2-13H2,1H3/t14-/m1/s1. The second kappa shape index (κ2) is 10.2. The monoisotopic (exact) mass is 259 g/mol. The van der Waals surface area contributed by atoms with Gasteiger partial charge in [0.2, 0.25) is 0 Å². The number of unbranched alkanes of at least 4 members (excludes halogenated alkanes) is 1. The number of hydrogen-bond acceptors (Lipinski definition) is 3. The normalized spacial score (nSPS) is 19.4. The molecular formula is C14H29NOS. The van der Waals surface area contributed by atoms with E-state index in [0.29, 0.717) is 6.61 Å². The molecule has 1 aliphatic rings. The summed E-state index contributed by atoms with van der Waals surface area (Å²) in [5, 5.41) is 9.01. The van der Waals surface area contributed by atoms with Crippen molar-refractivity contribution in [2.75, 3.05) is 37.7 Å². The predicted molar refractivity (Wildman–Crippen MR) is 77.7 cm³/mol. The molecule has 1 fully saturated rings. The number of hydrogen-bond donors (Lipinski definition) is 1. The molecule has 1 N–H and O–H groups in total. The molecule has 1 saturated heterocycles. The van der Waals surface area contributed by atoms with Crippen molar-refractivity contribution in [3.05, 3.63) is 0 Å². The van der Waals surface area contributed by atoms with Crippen molar-refractivity contribution in [2.24, 2.45) is 5.92 Å². The van der Waals surface area contributed by atoms with Crippen LogP contribution in [-0.2, 0) is 0 Å². The van der Waals surface area contributed by atoms with Crippen LogP contribution >= 0.6 is 11.8 Å². The first-order valence-electron chi connectivity index (χ1n) is 7.27. The lowest BCUT2D eigenvalue weighted by molar-refractivity contribution is 0.239. The molecule has 1 atom stereocenters. The van der Waals surface area contributed by atoms with Crippen LogP contribution < -0.4 is 0 Å². The summed E-state index contributed by atoms with van der Waals surface area (Å²) in [6.07, 6.45) is 7.56. The Kier molecular flexibility index (Phi) is 9.21. The van der Waals surface area contributed by atoms with Crippen LogP contribution in [-0.4, -0.2) is 47.8 Å². The lowest BCUT2D eigenvalue weighted by Crippen LogP contribution is -2.33. The first kappa shape index (κ1) is 15.3. The van der Waals surface area contributed by atoms with Crippen LogP contribution in [0.5, 0.6) is 0 Å². The zero-order valence-corrected chi connectivity index (χ0v) is 12.2. The number of rotatable bonds is 9. The molecule has 0 amide bonds. The predicted octanol–water partition coefficient (Wildman–Crippen LogP) is 3.00. The molecule has 1 aliphatic heterocycles. The van der Waals surface area contributed by atoms with E-state index < -0.39 is 0 Å². The van der Waals surface area contributed by atoms with Crippen LogP contribution in [0.15, 0.2) is 0 Å². The molecule has 0 aliphatic carbocycles. The van der Waals surface area contributed by atoms with Gasteiger partial charge in [0.15, 0.2) is 0 Å². The average molecular weight is 259 g/mol. The maximum Gasteiger partial charge on any atom is 0.0433 e. The summed E-state index contributed by atoms with van der Waals surface area (Å²) >= 11 is 2.09. The first-order valence-corrected chi connectivity index (χ1v) is 8.43. The summed E-state index contributed by atoms with van der Waals surface area (Å²) in [5.41, 5.74) is 0. The maximum absolute atomic E-state index is 9.01. The molecule has 0 bridgehead atoms. The van der Waals surface area contributed by atoms with Gasteiger partial charge in [0.25, 0.3) is 0 Å². The van der Waals surface area contributed by atoms with Crippen molar-refractivity contribution in [2.45, 2.75) is 45.4 Å². The van der Waals surface area contributed by atoms with Gasteiger partial charge in [-0.1, -0.05) is 32.6 Å². The molecule has 0 saturated carbocycles. The second-order valence-corrected chi connectivity index (χ2v) is 6.34. The number of thioether (sulfide) groups is 1. The molecule has 17 heavy (non-hydrogen) atoms. The third-order valence-electron chi connectivity index (χ3n) is 3.67. The van der Waals surface area contributed by atoms with Gasteiger partial charge < -0.3 is 10.0 Å². The van der Waals surface area contributed by atoms with Crippen molar-refractivity contribution in [3.8, 4) is 0 Å². The van der Waals surface area contributed by atoms with Crippen LogP contribution in [0.25, 0.3) is 0 Å². The summed E-state index contributed by atoms with van der Waals surface area (Å²) in [5.74, 6) is 3.41. The highest BCUT2D eigenvalue weighted by Crippen LogP contribution is 2.18. The SMILES string of the molecule is CCC[C@@H](CCO)CCCCN1CCSCC1. The first-order chi connectivity index (χ1) is 8.36. The van der Waals surface area contributed by atoms with Crippen LogP contribution in [0, 0.1) is 5.92 Å². The fraction of sp³-hybridized carbons (Fsp3) is 1.00. The van der Waals surface area contributed by atoms with E-state index in [4.69, 9.17) is 5.11 Å². The molecule has 102 valence electrons. The molecule has 1 rings (SSSR count). The van der Waals surface area contributed by atoms with Gasteiger partial charge >= 0.3 is 0 Å². The van der Waals surface area contributed by atoms with E-state index >= 15 is 0 Å². The molecule has 2 nitrogen and oxygen atoms in total. The fourth-order valence-electron chi connectivity index (χ4n) is 2.62. The van der Waals surface area contributed by atoms with E-state index in [9.17, 15) is 0 Å². The molecule has 0 aromatic heterocycles. The Morgan fingerprint density at radius 2 is 1.88 bits per heavy atom. The highest BCUT2D eigenvalue weighted by Gasteiger charge is 2.10. The zero-order chi connectivity index (χ0) is 12.3. The molecule has 3 heteroatoms. The lowest BCUT2D eigenvalue weighted by Gasteiger charge is -2.26. The minimum atomic E-state index is 0.369. The summed E-state index contributed by atoms with van der Waals surface area (Å²) < 4.78 is 0. The quantitative estimate of drug-likeness (QED) is 0.644. The molecule has 0 spiro atoms. The molecule has 0 unspecified atom stereocenters. The van der Waals surface area contributed by atoms with Gasteiger partial charge in [0.1, 0.15) is 0 Å². The summed E-state index contributed by atoms with van der Waals surface area (Å²) in [7, 11) is 0. The minimum Gasteiger partial charge on any atom is -0.396 e. The Bertz CT molecular complexity index is 166. The highest BCUT2D eigenvalue weighted by atomic mass is 32.2. The summed E-state index contributed by atoms with van der Waals surface area (Å²) in [6, 6.07) is 0. The van der Waals surface area contributed by atoms with Gasteiger partial charge in [0.05, 0.1) is 0 Å². The maximum atomic E-state index is 9.01. The third kappa shape index (κ3) is 7.32. The van der Waals surface area contributed by atoms with Crippen LogP contribution in [0.3, 0.4) is 0 Å². The Morgan fingerprint density at radius 3 is 2.53 bits per heavy atom. The highest BCUT2D eigenvalue weighted by molar-refractivity contribution is 7.99. The summed E-state index contributed by atoms with van der Waals surface area (Å²) in [4.78, 5) is 2.61. The molecule has 0 radical (unpaired) electrons. The Morgan fingerprint density at radius 1 is 1.12 bits per heavy atom. The van der Waals surface area contributed by atoms with Crippen molar-refractivity contribution < 1.29 is 5.11 Å². The Hall–Kier alpha value is 0.270. The van der Waals surface area contributed by atoms with E-state index in [1.807, 2.05) is 0 Å². The number of nitrogens with zero attached hydrogens (tertiary/aromatic N) is 1. The smallest absolute Gasteiger partial charge is 0.0433 e. The van der Waals surface area contributed by atoms with E-state index in [1.54, 1.807) is 0 Å². The van der Waals surface area contributed by atoms with Gasteiger partial charge in [-0.05, 0) is 25.3 Å². The third-order valence-corrected chi connectivity index (χ3v) is 4.62. The van der Waals surface area contributed by atoms with Gasteiger partial charge in [-0.15, -0.1) is 0 Å². The zero-order valence-electron chi connectivity index (χ0n) is 11.4. The van der Waals surface area contributed by atoms with Crippen LogP contribution in [0.4, 0.5) is 0 Å². The lowest BCUT2D eigenvalue weighted by atomic mass is 9.94. The van der Waals surface area contributed by atoms with Crippen molar-refractivity contribution in [1.82, 2.24) is 4.90 Å². The van der Waals surface area contributed by atoms with E-state index in [2.05, 4.69) is 23.6 Å². The van der Waals surface area contributed by atoms with E-state index in [0.717, 1.165) is 12.3 Å². The largest absolute Gasteiger partial charge is 0.396 e. The van der Waals surface area contributed by atoms with Gasteiger partial charge in [0, 0.05) is 31.2 Å². The van der Waals surface area contributed by atoms with Gasteiger partial charge in [-0.2, -0.15) is 11.8 Å². The minimum absolute atomic E-state index is 0.369. The molecule has 0 aromatic rings. The Balaban J connectivity index is 2.00. The van der Waals surface area contributed by atoms with Gasteiger partial charge in [-0.3, -0.25) is 0 Å². The van der Waals surface area contributed by atoms with E-state index in [-0.39, 0.29) is 0 Å². The average Bonchev–Trinajstić information content (AvgIpc) is 2.36. The second-order valence-electron chi connectivity index (χ2n) is 5.12. The summed E-state index contributed by atoms with van der Waals surface area (Å²) in [6.45, 7) is 6.49. The Labute approximate surface area is 111 Å². The van der Waals surface area contributed by atoms with E-state index in [1.165, 1.54) is 63.2 Å². The topological polar surface area (TPSA) is 23.5 Å². The van der Waals surface area contributed by atoms with Crippen LogP contribution in [0.1, 0.15) is 45.4 Å². The molecule has 1 heterocycles. The van der Waals surface area contributed by atoms with Crippen molar-refractivity contribution in [3.63, 3.8) is 0 Å². The van der Waals surface area contributed by atoms with Crippen LogP contribution in [0.2, 0.25) is 0 Å².